The number of halogens is 4. The van der Waals surface area contributed by atoms with Crippen molar-refractivity contribution in [3.05, 3.63) is 23.5 Å². The molecule has 1 aromatic heterocycles. The molecule has 3 nitrogen and oxygen atoms in total. The number of hydrogen-bond donors (Lipinski definition) is 0. The Labute approximate surface area is 127 Å². The normalized spacial score (nSPS) is 19.5. The van der Waals surface area contributed by atoms with Crippen LogP contribution in [0.5, 0.6) is 0 Å². The first kappa shape index (κ1) is 16.4. The highest BCUT2D eigenvalue weighted by Gasteiger charge is 2.32. The van der Waals surface area contributed by atoms with Gasteiger partial charge in [0.05, 0.1) is 17.3 Å². The van der Waals surface area contributed by atoms with Crippen molar-refractivity contribution in [1.29, 1.82) is 0 Å². The molecule has 0 aromatic carbocycles. The molecule has 1 aromatic rings. The minimum Gasteiger partial charge on any atom is -0.370 e. The first-order valence-electron chi connectivity index (χ1n) is 7.02. The molecule has 1 aliphatic heterocycles. The van der Waals surface area contributed by atoms with E-state index in [1.54, 1.807) is 19.3 Å². The van der Waals surface area contributed by atoms with Crippen molar-refractivity contribution in [3.8, 4) is 0 Å². The van der Waals surface area contributed by atoms with Gasteiger partial charge in [-0.2, -0.15) is 13.2 Å². The van der Waals surface area contributed by atoms with E-state index in [2.05, 4.69) is 9.88 Å². The lowest BCUT2D eigenvalue weighted by Gasteiger charge is -2.25. The van der Waals surface area contributed by atoms with Gasteiger partial charge in [0.1, 0.15) is 0 Å². The lowest BCUT2D eigenvalue weighted by molar-refractivity contribution is -0.146. The highest BCUT2D eigenvalue weighted by Crippen LogP contribution is 2.30. The summed E-state index contributed by atoms with van der Waals surface area (Å²) in [7, 11) is 0. The maximum Gasteiger partial charge on any atom is 0.401 e. The van der Waals surface area contributed by atoms with E-state index in [0.29, 0.717) is 18.1 Å². The molecular weight excluding hydrogens is 303 g/mol. The largest absolute Gasteiger partial charge is 0.401 e. The Hall–Kier alpha value is -1.01. The summed E-state index contributed by atoms with van der Waals surface area (Å²) in [6.45, 7) is 3.35. The van der Waals surface area contributed by atoms with E-state index in [4.69, 9.17) is 11.6 Å². The summed E-state index contributed by atoms with van der Waals surface area (Å²) in [6.07, 6.45) is 0.0124. The minimum absolute atomic E-state index is 0.233. The van der Waals surface area contributed by atoms with Crippen molar-refractivity contribution in [3.63, 3.8) is 0 Å². The van der Waals surface area contributed by atoms with Gasteiger partial charge in [0.15, 0.2) is 0 Å². The monoisotopic (exact) mass is 321 g/mol. The Morgan fingerprint density at radius 3 is 2.86 bits per heavy atom. The van der Waals surface area contributed by atoms with Gasteiger partial charge in [0.25, 0.3) is 0 Å². The zero-order valence-electron chi connectivity index (χ0n) is 11.9. The second-order valence-corrected chi connectivity index (χ2v) is 5.78. The van der Waals surface area contributed by atoms with Crippen LogP contribution in [0, 0.1) is 5.92 Å². The highest BCUT2D eigenvalue weighted by molar-refractivity contribution is 6.33. The quantitative estimate of drug-likeness (QED) is 0.828. The summed E-state index contributed by atoms with van der Waals surface area (Å²) in [4.78, 5) is 7.53. The zero-order valence-corrected chi connectivity index (χ0v) is 12.7. The number of hydrogen-bond acceptors (Lipinski definition) is 3. The zero-order chi connectivity index (χ0) is 15.5. The van der Waals surface area contributed by atoms with Gasteiger partial charge in [-0.05, 0) is 24.9 Å². The fourth-order valence-electron chi connectivity index (χ4n) is 2.75. The Morgan fingerprint density at radius 2 is 2.24 bits per heavy atom. The first-order valence-corrected chi connectivity index (χ1v) is 7.40. The lowest BCUT2D eigenvalue weighted by atomic mass is 10.1. The van der Waals surface area contributed by atoms with E-state index in [0.717, 1.165) is 25.2 Å². The van der Waals surface area contributed by atoms with Crippen LogP contribution in [-0.2, 0) is 0 Å². The Balaban J connectivity index is 1.92. The second-order valence-electron chi connectivity index (χ2n) is 5.37. The molecule has 0 spiro atoms. The molecule has 2 heterocycles. The smallest absolute Gasteiger partial charge is 0.370 e. The van der Waals surface area contributed by atoms with Crippen molar-refractivity contribution in [2.75, 3.05) is 37.6 Å². The number of anilines is 1. The first-order chi connectivity index (χ1) is 9.89. The van der Waals surface area contributed by atoms with Crippen LogP contribution in [0.15, 0.2) is 18.5 Å². The maximum absolute atomic E-state index is 12.5. The van der Waals surface area contributed by atoms with Crippen molar-refractivity contribution in [2.24, 2.45) is 5.92 Å². The molecule has 0 bridgehead atoms. The van der Waals surface area contributed by atoms with Crippen LogP contribution >= 0.6 is 11.6 Å². The fraction of sp³-hybridized carbons (Fsp3) is 0.643. The van der Waals surface area contributed by atoms with Crippen LogP contribution < -0.4 is 4.90 Å². The SMILES string of the molecule is CCN(C[C@H]1CCN(c2ccncc2Cl)C1)CC(F)(F)F. The van der Waals surface area contributed by atoms with Crippen molar-refractivity contribution >= 4 is 17.3 Å². The summed E-state index contributed by atoms with van der Waals surface area (Å²) in [6, 6.07) is 1.85. The van der Waals surface area contributed by atoms with Gasteiger partial charge in [-0.1, -0.05) is 18.5 Å². The van der Waals surface area contributed by atoms with Crippen LogP contribution in [0.3, 0.4) is 0 Å². The average molecular weight is 322 g/mol. The Kier molecular flexibility index (Phi) is 5.32. The standard InChI is InChI=1S/C14H19ClF3N3/c1-2-20(10-14(16,17)18)8-11-4-6-21(9-11)13-3-5-19-7-12(13)15/h3,5,7,11H,2,4,6,8-10H2,1H3/t11-/m1/s1. The molecule has 0 unspecified atom stereocenters. The van der Waals surface area contributed by atoms with Gasteiger partial charge >= 0.3 is 6.18 Å². The number of pyridine rings is 1. The summed E-state index contributed by atoms with van der Waals surface area (Å²) in [5.74, 6) is 0.233. The molecule has 1 saturated heterocycles. The predicted molar refractivity (Wildman–Crippen MR) is 77.7 cm³/mol. The number of aromatic nitrogens is 1. The third-order valence-corrected chi connectivity index (χ3v) is 4.04. The molecule has 1 aliphatic rings. The predicted octanol–water partition coefficient (Wildman–Crippen LogP) is 3.45. The molecule has 21 heavy (non-hydrogen) atoms. The van der Waals surface area contributed by atoms with E-state index in [1.165, 1.54) is 4.90 Å². The third kappa shape index (κ3) is 4.74. The van der Waals surface area contributed by atoms with Crippen LogP contribution in [0.2, 0.25) is 5.02 Å². The van der Waals surface area contributed by atoms with Crippen molar-refractivity contribution in [2.45, 2.75) is 19.5 Å². The maximum atomic E-state index is 12.5. The van der Waals surface area contributed by atoms with E-state index < -0.39 is 12.7 Å². The van der Waals surface area contributed by atoms with Crippen molar-refractivity contribution < 1.29 is 13.2 Å². The van der Waals surface area contributed by atoms with E-state index >= 15 is 0 Å². The number of rotatable bonds is 5. The van der Waals surface area contributed by atoms with E-state index in [1.807, 2.05) is 6.07 Å². The summed E-state index contributed by atoms with van der Waals surface area (Å²) in [5, 5.41) is 0.584. The summed E-state index contributed by atoms with van der Waals surface area (Å²) < 4.78 is 37.5. The summed E-state index contributed by atoms with van der Waals surface area (Å²) in [5.41, 5.74) is 0.910. The molecule has 7 heteroatoms. The highest BCUT2D eigenvalue weighted by atomic mass is 35.5. The molecule has 0 amide bonds. The molecule has 0 saturated carbocycles. The van der Waals surface area contributed by atoms with Gasteiger partial charge in [-0.15, -0.1) is 0 Å². The molecule has 0 N–H and O–H groups in total. The molecular formula is C14H19ClF3N3. The molecule has 2 rings (SSSR count). The van der Waals surface area contributed by atoms with E-state index in [-0.39, 0.29) is 5.92 Å². The number of alkyl halides is 3. The summed E-state index contributed by atoms with van der Waals surface area (Å²) >= 11 is 6.11. The van der Waals surface area contributed by atoms with Gasteiger partial charge in [0, 0.05) is 32.0 Å². The van der Waals surface area contributed by atoms with E-state index in [9.17, 15) is 13.2 Å². The van der Waals surface area contributed by atoms with Crippen LogP contribution in [0.4, 0.5) is 18.9 Å². The minimum atomic E-state index is -4.14. The second kappa shape index (κ2) is 6.83. The Bertz CT molecular complexity index is 467. The van der Waals surface area contributed by atoms with Crippen LogP contribution in [0.1, 0.15) is 13.3 Å². The van der Waals surface area contributed by atoms with Gasteiger partial charge < -0.3 is 4.90 Å². The third-order valence-electron chi connectivity index (χ3n) is 3.74. The average Bonchev–Trinajstić information content (AvgIpc) is 2.85. The topological polar surface area (TPSA) is 19.4 Å². The van der Waals surface area contributed by atoms with Gasteiger partial charge in [0.2, 0.25) is 0 Å². The van der Waals surface area contributed by atoms with Crippen LogP contribution in [-0.4, -0.2) is 48.8 Å². The number of nitrogens with zero attached hydrogens (tertiary/aromatic N) is 3. The molecule has 0 radical (unpaired) electrons. The van der Waals surface area contributed by atoms with Gasteiger partial charge in [-0.25, -0.2) is 0 Å². The molecule has 118 valence electrons. The lowest BCUT2D eigenvalue weighted by Crippen LogP contribution is -2.38. The molecule has 1 atom stereocenters. The van der Waals surface area contributed by atoms with Gasteiger partial charge in [-0.3, -0.25) is 9.88 Å². The molecule has 0 aliphatic carbocycles. The van der Waals surface area contributed by atoms with Crippen LogP contribution in [0.25, 0.3) is 0 Å². The fourth-order valence-corrected chi connectivity index (χ4v) is 2.99. The molecule has 1 fully saturated rings. The Morgan fingerprint density at radius 1 is 1.48 bits per heavy atom. The van der Waals surface area contributed by atoms with Crippen molar-refractivity contribution in [1.82, 2.24) is 9.88 Å².